The SMILES string of the molecule is CCC[O][Hf+2][O]CCC.[Br-].[Br-]. The van der Waals surface area contributed by atoms with E-state index >= 15 is 0 Å². The van der Waals surface area contributed by atoms with Gasteiger partial charge in [-0.2, -0.15) is 0 Å². The van der Waals surface area contributed by atoms with Gasteiger partial charge in [0.1, 0.15) is 0 Å². The molecule has 11 heavy (non-hydrogen) atoms. The average Bonchev–Trinajstić information content (AvgIpc) is 1.89. The fourth-order valence-electron chi connectivity index (χ4n) is 0.329. The van der Waals surface area contributed by atoms with E-state index in [-0.39, 0.29) is 34.0 Å². The first kappa shape index (κ1) is 18.5. The number of halogens is 2. The van der Waals surface area contributed by atoms with Crippen LogP contribution in [0.2, 0.25) is 0 Å². The summed E-state index contributed by atoms with van der Waals surface area (Å²) in [6, 6.07) is 0. The third-order valence-electron chi connectivity index (χ3n) is 0.730. The predicted molar refractivity (Wildman–Crippen MR) is 32.5 cm³/mol. The van der Waals surface area contributed by atoms with Gasteiger partial charge < -0.3 is 34.0 Å². The van der Waals surface area contributed by atoms with Gasteiger partial charge in [0.05, 0.1) is 0 Å². The summed E-state index contributed by atoms with van der Waals surface area (Å²) in [6.45, 7) is 6.02. The molecule has 0 N–H and O–H groups in total. The van der Waals surface area contributed by atoms with Gasteiger partial charge in [0.15, 0.2) is 0 Å². The third-order valence-corrected chi connectivity index (χ3v) is 3.04. The van der Waals surface area contributed by atoms with E-state index in [9.17, 15) is 0 Å². The Labute approximate surface area is 103 Å². The minimum absolute atomic E-state index is 0. The van der Waals surface area contributed by atoms with Gasteiger partial charge >= 0.3 is 69.4 Å². The van der Waals surface area contributed by atoms with Gasteiger partial charge in [-0.05, 0) is 0 Å². The molecule has 0 aliphatic carbocycles. The summed E-state index contributed by atoms with van der Waals surface area (Å²) in [5, 5.41) is 0. The van der Waals surface area contributed by atoms with Gasteiger partial charge in [0.2, 0.25) is 0 Å². The Kier molecular flexibility index (Phi) is 29.9. The summed E-state index contributed by atoms with van der Waals surface area (Å²) >= 11 is -1.04. The van der Waals surface area contributed by atoms with Crippen LogP contribution in [0.1, 0.15) is 26.7 Å². The molecule has 0 fully saturated rings. The Bertz CT molecular complexity index is 51.8. The van der Waals surface area contributed by atoms with Crippen LogP contribution >= 0.6 is 0 Å². The fraction of sp³-hybridized carbons (Fsp3) is 1.00. The van der Waals surface area contributed by atoms with E-state index in [1.54, 1.807) is 0 Å². The molecular formula is C6H14Br2HfO2. The predicted octanol–water partition coefficient (Wildman–Crippen LogP) is -4.24. The Hall–Kier alpha value is 1.75. The first-order chi connectivity index (χ1) is 4.41. The molecule has 0 saturated carbocycles. The molecule has 68 valence electrons. The molecule has 0 rings (SSSR count). The van der Waals surface area contributed by atoms with Crippen molar-refractivity contribution in [2.45, 2.75) is 26.7 Å². The molecule has 0 bridgehead atoms. The van der Waals surface area contributed by atoms with E-state index in [0.717, 1.165) is 26.1 Å². The third kappa shape index (κ3) is 18.6. The summed E-state index contributed by atoms with van der Waals surface area (Å²) in [7, 11) is 0. The van der Waals surface area contributed by atoms with Gasteiger partial charge in [0, 0.05) is 0 Å². The van der Waals surface area contributed by atoms with E-state index in [1.165, 1.54) is 0 Å². The van der Waals surface area contributed by atoms with Gasteiger partial charge in [-0.1, -0.05) is 0 Å². The van der Waals surface area contributed by atoms with Crippen molar-refractivity contribution in [3.05, 3.63) is 0 Å². The maximum Gasteiger partial charge on any atom is -1.00 e. The molecule has 0 atom stereocenters. The van der Waals surface area contributed by atoms with E-state index in [1.807, 2.05) is 0 Å². The second-order valence-corrected chi connectivity index (χ2v) is 4.45. The van der Waals surface area contributed by atoms with Crippen LogP contribution in [0.4, 0.5) is 0 Å². The second kappa shape index (κ2) is 17.7. The molecule has 0 aromatic rings. The Morgan fingerprint density at radius 1 is 0.909 bits per heavy atom. The van der Waals surface area contributed by atoms with Crippen molar-refractivity contribution in [2.75, 3.05) is 13.2 Å². The molecule has 0 aliphatic heterocycles. The Morgan fingerprint density at radius 2 is 1.27 bits per heavy atom. The quantitative estimate of drug-likeness (QED) is 0.298. The van der Waals surface area contributed by atoms with Gasteiger partial charge in [-0.25, -0.2) is 0 Å². The van der Waals surface area contributed by atoms with Crippen molar-refractivity contribution < 1.29 is 63.5 Å². The summed E-state index contributed by atoms with van der Waals surface area (Å²) in [4.78, 5) is 0. The average molecular weight is 456 g/mol. The summed E-state index contributed by atoms with van der Waals surface area (Å²) in [5.41, 5.74) is 0. The molecule has 0 spiro atoms. The van der Waals surface area contributed by atoms with E-state index in [2.05, 4.69) is 13.8 Å². The number of hydrogen-bond donors (Lipinski definition) is 0. The van der Waals surface area contributed by atoms with Crippen LogP contribution in [-0.2, 0) is 29.5 Å². The normalized spacial score (nSPS) is 7.45. The minimum atomic E-state index is -1.04. The van der Waals surface area contributed by atoms with E-state index in [0.29, 0.717) is 0 Å². The zero-order valence-corrected chi connectivity index (χ0v) is 13.7. The van der Waals surface area contributed by atoms with Crippen LogP contribution in [0.5, 0.6) is 0 Å². The smallest absolute Gasteiger partial charge is 1.00 e. The Balaban J connectivity index is -0.000000320. The molecule has 0 aliphatic rings. The van der Waals surface area contributed by atoms with Crippen molar-refractivity contribution in [2.24, 2.45) is 0 Å². The maximum absolute atomic E-state index is 5.26. The molecule has 0 heterocycles. The van der Waals surface area contributed by atoms with Crippen molar-refractivity contribution in [1.82, 2.24) is 0 Å². The van der Waals surface area contributed by atoms with Crippen LogP contribution in [0.25, 0.3) is 0 Å². The topological polar surface area (TPSA) is 18.5 Å². The van der Waals surface area contributed by atoms with Crippen molar-refractivity contribution in [1.29, 1.82) is 0 Å². The summed E-state index contributed by atoms with van der Waals surface area (Å²) in [5.74, 6) is 0. The largest absolute Gasteiger partial charge is 1.00 e. The van der Waals surface area contributed by atoms with Crippen molar-refractivity contribution in [3.63, 3.8) is 0 Å². The Morgan fingerprint density at radius 3 is 1.55 bits per heavy atom. The number of hydrogen-bond acceptors (Lipinski definition) is 2. The molecule has 0 aromatic carbocycles. The first-order valence-corrected chi connectivity index (χ1v) is 6.33. The molecule has 2 nitrogen and oxygen atoms in total. The molecular weight excluding hydrogens is 442 g/mol. The first-order valence-electron chi connectivity index (χ1n) is 3.40. The van der Waals surface area contributed by atoms with Gasteiger partial charge in [0.25, 0.3) is 0 Å². The molecule has 0 aromatic heterocycles. The molecule has 0 saturated heterocycles. The molecule has 5 heteroatoms. The fourth-order valence-corrected chi connectivity index (χ4v) is 2.69. The summed E-state index contributed by atoms with van der Waals surface area (Å²) < 4.78 is 10.5. The van der Waals surface area contributed by atoms with Crippen LogP contribution in [0.3, 0.4) is 0 Å². The molecule has 0 unspecified atom stereocenters. The van der Waals surface area contributed by atoms with Crippen LogP contribution in [-0.4, -0.2) is 13.2 Å². The molecule has 0 amide bonds. The van der Waals surface area contributed by atoms with E-state index in [4.69, 9.17) is 5.71 Å². The van der Waals surface area contributed by atoms with Gasteiger partial charge in [-0.15, -0.1) is 0 Å². The number of rotatable bonds is 6. The second-order valence-electron chi connectivity index (χ2n) is 1.78. The zero-order valence-electron chi connectivity index (χ0n) is 6.90. The molecule has 0 radical (unpaired) electrons. The monoisotopic (exact) mass is 456 g/mol. The van der Waals surface area contributed by atoms with Gasteiger partial charge in [-0.3, -0.25) is 0 Å². The van der Waals surface area contributed by atoms with Crippen LogP contribution in [0, 0.1) is 0 Å². The van der Waals surface area contributed by atoms with Crippen LogP contribution in [0.15, 0.2) is 0 Å². The summed E-state index contributed by atoms with van der Waals surface area (Å²) in [6.07, 6.45) is 2.23. The standard InChI is InChI=1S/2C3H7O.2BrH.Hf/c2*1-2-3-4;;;/h2*2-3H2,1H3;2*1H;/q2*-1;;;+4/p-2. The van der Waals surface area contributed by atoms with Crippen molar-refractivity contribution >= 4 is 0 Å². The minimum Gasteiger partial charge on any atom is -1.00 e. The van der Waals surface area contributed by atoms with E-state index < -0.39 is 23.8 Å². The van der Waals surface area contributed by atoms with Crippen molar-refractivity contribution in [3.8, 4) is 0 Å². The maximum atomic E-state index is 5.26. The zero-order chi connectivity index (χ0) is 6.95. The van der Waals surface area contributed by atoms with Crippen LogP contribution < -0.4 is 34.0 Å².